The molecule has 0 fully saturated rings. The number of hydrogen-bond donors (Lipinski definition) is 0. The van der Waals surface area contributed by atoms with E-state index in [1.165, 1.54) is 0 Å². The maximum Gasteiger partial charge on any atom is 0.465 e. The molecule has 0 radical (unpaired) electrons. The van der Waals surface area contributed by atoms with Crippen LogP contribution in [0.15, 0.2) is 97.1 Å². The lowest BCUT2D eigenvalue weighted by Crippen LogP contribution is -2.20. The molecular formula is C43H58O6P2. The molecule has 0 heterocycles. The summed E-state index contributed by atoms with van der Waals surface area (Å²) in [7, 11) is -4.02. The molecule has 4 rings (SSSR count). The van der Waals surface area contributed by atoms with Crippen LogP contribution in [0.25, 0.3) is 0 Å². The summed E-state index contributed by atoms with van der Waals surface area (Å²) < 4.78 is 40.1. The molecule has 4 aromatic rings. The minimum Gasteiger partial charge on any atom is -0.417 e. The van der Waals surface area contributed by atoms with Crippen molar-refractivity contribution in [2.45, 2.75) is 124 Å². The van der Waals surface area contributed by atoms with Gasteiger partial charge in [-0.05, 0) is 52.3 Å². The molecule has 0 aliphatic carbocycles. The van der Waals surface area contributed by atoms with Gasteiger partial charge in [0.05, 0.1) is 0 Å². The molecule has 0 saturated heterocycles. The van der Waals surface area contributed by atoms with Crippen LogP contribution in [0.2, 0.25) is 0 Å². The van der Waals surface area contributed by atoms with Gasteiger partial charge < -0.3 is 18.1 Å². The predicted octanol–water partition coefficient (Wildman–Crippen LogP) is 13.7. The number of rotatable bonds is 13. The van der Waals surface area contributed by atoms with Crippen LogP contribution < -0.4 is 18.1 Å². The molecule has 0 aliphatic rings. The smallest absolute Gasteiger partial charge is 0.417 e. The van der Waals surface area contributed by atoms with Crippen molar-refractivity contribution in [3.8, 4) is 23.0 Å². The lowest BCUT2D eigenvalue weighted by atomic mass is 9.86. The summed E-state index contributed by atoms with van der Waals surface area (Å²) in [5.41, 5.74) is 3.53. The monoisotopic (exact) mass is 732 g/mol. The second kappa shape index (κ2) is 16.7. The Labute approximate surface area is 310 Å². The van der Waals surface area contributed by atoms with Crippen molar-refractivity contribution in [1.82, 2.24) is 0 Å². The first-order valence-corrected chi connectivity index (χ1v) is 20.0. The van der Waals surface area contributed by atoms with Crippen molar-refractivity contribution in [1.29, 1.82) is 0 Å². The summed E-state index contributed by atoms with van der Waals surface area (Å²) in [5.74, 6) is 2.80. The number of benzene rings is 4. The van der Waals surface area contributed by atoms with Crippen LogP contribution >= 0.6 is 17.2 Å². The standard InChI is InChI=1S/C43H58O6P2/c1-14-39(48-50(44-35-27-19-15-23-31(35)40(2,3)4)45-36-28-20-16-24-32(36)41(5,6)7)49-51(46-37-29-21-17-25-33(37)42(8,9)10)47-38-30-22-18-26-34(38)43(11,12)13/h15-30,39H,14H2,1-13H3. The second-order valence-corrected chi connectivity index (χ2v) is 18.9. The van der Waals surface area contributed by atoms with E-state index < -0.39 is 23.5 Å². The van der Waals surface area contributed by atoms with Crippen LogP contribution in [0.4, 0.5) is 0 Å². The maximum absolute atomic E-state index is 6.70. The van der Waals surface area contributed by atoms with Crippen LogP contribution in [-0.2, 0) is 30.7 Å². The number of para-hydroxylation sites is 4. The van der Waals surface area contributed by atoms with Gasteiger partial charge in [0.15, 0.2) is 6.29 Å². The van der Waals surface area contributed by atoms with Crippen molar-refractivity contribution < 1.29 is 27.1 Å². The highest BCUT2D eigenvalue weighted by atomic mass is 31.2. The van der Waals surface area contributed by atoms with Gasteiger partial charge in [-0.15, -0.1) is 0 Å². The van der Waals surface area contributed by atoms with Crippen molar-refractivity contribution >= 4 is 17.2 Å². The molecule has 51 heavy (non-hydrogen) atoms. The first-order valence-electron chi connectivity index (χ1n) is 17.8. The molecule has 276 valence electrons. The molecule has 0 bridgehead atoms. The molecule has 0 aromatic heterocycles. The summed E-state index contributed by atoms with van der Waals surface area (Å²) >= 11 is 0. The van der Waals surface area contributed by atoms with Gasteiger partial charge in [0, 0.05) is 22.3 Å². The molecule has 0 aliphatic heterocycles. The van der Waals surface area contributed by atoms with Gasteiger partial charge in [0.1, 0.15) is 23.0 Å². The van der Waals surface area contributed by atoms with E-state index in [4.69, 9.17) is 27.1 Å². The highest BCUT2D eigenvalue weighted by molar-refractivity contribution is 7.43. The Hall–Kier alpha value is -3.14. The average Bonchev–Trinajstić information content (AvgIpc) is 3.03. The topological polar surface area (TPSA) is 55.4 Å². The van der Waals surface area contributed by atoms with Crippen LogP contribution in [0, 0.1) is 0 Å². The minimum absolute atomic E-state index is 0.168. The lowest BCUT2D eigenvalue weighted by Gasteiger charge is -2.30. The average molecular weight is 733 g/mol. The summed E-state index contributed by atoms with van der Waals surface area (Å²) in [6.07, 6.45) is -0.296. The first-order chi connectivity index (χ1) is 23.8. The predicted molar refractivity (Wildman–Crippen MR) is 213 cm³/mol. The zero-order valence-electron chi connectivity index (χ0n) is 32.9. The van der Waals surface area contributed by atoms with E-state index in [0.29, 0.717) is 29.4 Å². The third-order valence-electron chi connectivity index (χ3n) is 8.21. The highest BCUT2D eigenvalue weighted by Gasteiger charge is 2.34. The van der Waals surface area contributed by atoms with E-state index in [-0.39, 0.29) is 21.7 Å². The Morgan fingerprint density at radius 2 is 0.608 bits per heavy atom. The zero-order chi connectivity index (χ0) is 37.6. The Morgan fingerprint density at radius 1 is 0.392 bits per heavy atom. The Bertz CT molecular complexity index is 1470. The van der Waals surface area contributed by atoms with Gasteiger partial charge in [0.2, 0.25) is 0 Å². The molecule has 0 unspecified atom stereocenters. The van der Waals surface area contributed by atoms with Crippen LogP contribution in [-0.4, -0.2) is 6.29 Å². The summed E-state index contributed by atoms with van der Waals surface area (Å²) in [6, 6.07) is 32.2. The fourth-order valence-corrected chi connectivity index (χ4v) is 7.83. The van der Waals surface area contributed by atoms with Crippen molar-refractivity contribution in [2.75, 3.05) is 0 Å². The largest absolute Gasteiger partial charge is 0.465 e. The molecule has 0 spiro atoms. The Morgan fingerprint density at radius 3 is 0.804 bits per heavy atom. The third-order valence-corrected chi connectivity index (χ3v) is 10.4. The third kappa shape index (κ3) is 11.4. The molecule has 0 amide bonds. The van der Waals surface area contributed by atoms with Gasteiger partial charge in [-0.3, -0.25) is 9.05 Å². The SMILES string of the molecule is CCC(OP(Oc1ccccc1C(C)(C)C)Oc1ccccc1C(C)(C)C)OP(Oc1ccccc1C(C)(C)C)Oc1ccccc1C(C)(C)C. The lowest BCUT2D eigenvalue weighted by molar-refractivity contribution is -0.00803. The zero-order valence-corrected chi connectivity index (χ0v) is 34.7. The molecule has 6 nitrogen and oxygen atoms in total. The molecule has 0 N–H and O–H groups in total. The van der Waals surface area contributed by atoms with Crippen LogP contribution in [0.1, 0.15) is 119 Å². The molecule has 0 atom stereocenters. The van der Waals surface area contributed by atoms with Crippen LogP contribution in [0.5, 0.6) is 23.0 Å². The van der Waals surface area contributed by atoms with E-state index in [1.807, 2.05) is 79.7 Å². The van der Waals surface area contributed by atoms with E-state index >= 15 is 0 Å². The van der Waals surface area contributed by atoms with Gasteiger partial charge in [-0.25, -0.2) is 0 Å². The Balaban J connectivity index is 1.74. The van der Waals surface area contributed by atoms with E-state index in [1.54, 1.807) is 0 Å². The minimum atomic E-state index is -2.01. The van der Waals surface area contributed by atoms with E-state index in [9.17, 15) is 0 Å². The first kappa shape index (κ1) is 40.6. The Kier molecular flexibility index (Phi) is 13.3. The van der Waals surface area contributed by atoms with Gasteiger partial charge >= 0.3 is 17.2 Å². The second-order valence-electron chi connectivity index (χ2n) is 16.8. The van der Waals surface area contributed by atoms with Crippen molar-refractivity contribution in [3.05, 3.63) is 119 Å². The fraction of sp³-hybridized carbons (Fsp3) is 0.442. The maximum atomic E-state index is 6.70. The summed E-state index contributed by atoms with van der Waals surface area (Å²) in [5, 5.41) is 0. The number of hydrogen-bond acceptors (Lipinski definition) is 6. The van der Waals surface area contributed by atoms with Gasteiger partial charge in [0.25, 0.3) is 0 Å². The molecule has 4 aromatic carbocycles. The van der Waals surface area contributed by atoms with Gasteiger partial charge in [-0.2, -0.15) is 0 Å². The molecule has 0 saturated carbocycles. The normalized spacial score (nSPS) is 12.8. The fourth-order valence-electron chi connectivity index (χ4n) is 5.47. The van der Waals surface area contributed by atoms with Crippen molar-refractivity contribution in [3.63, 3.8) is 0 Å². The molecule has 8 heteroatoms. The summed E-state index contributed by atoms with van der Waals surface area (Å²) in [4.78, 5) is 0. The van der Waals surface area contributed by atoms with Crippen LogP contribution in [0.3, 0.4) is 0 Å². The molecular weight excluding hydrogens is 674 g/mol. The van der Waals surface area contributed by atoms with Crippen molar-refractivity contribution in [2.24, 2.45) is 0 Å². The quantitative estimate of drug-likeness (QED) is 0.101. The summed E-state index contributed by atoms with van der Waals surface area (Å²) in [6.45, 7) is 28.0. The van der Waals surface area contributed by atoms with E-state index in [2.05, 4.69) is 107 Å². The van der Waals surface area contributed by atoms with E-state index in [0.717, 1.165) is 22.3 Å². The highest BCUT2D eigenvalue weighted by Crippen LogP contribution is 2.52. The van der Waals surface area contributed by atoms with Gasteiger partial charge in [-0.1, -0.05) is 163 Å².